The molecule has 2 aromatic rings. The van der Waals surface area contributed by atoms with Gasteiger partial charge in [0.05, 0.1) is 24.6 Å². The fraction of sp³-hybridized carbons (Fsp3) is 0.263. The van der Waals surface area contributed by atoms with Gasteiger partial charge in [0.25, 0.3) is 5.91 Å². The molecule has 1 unspecified atom stereocenters. The molecule has 5 heteroatoms. The van der Waals surface area contributed by atoms with Gasteiger partial charge in [-0.2, -0.15) is 5.26 Å². The summed E-state index contributed by atoms with van der Waals surface area (Å²) in [7, 11) is 2.02. The number of para-hydroxylation sites is 1. The monoisotopic (exact) mass is 340 g/mol. The predicted molar refractivity (Wildman–Crippen MR) is 98.0 cm³/mol. The number of carbonyl (C=O) groups excluding carboxylic acids is 1. The molecule has 1 amide bonds. The van der Waals surface area contributed by atoms with Crippen molar-refractivity contribution in [3.8, 4) is 6.07 Å². The first-order valence-electron chi connectivity index (χ1n) is 7.84. The van der Waals surface area contributed by atoms with Gasteiger partial charge in [0, 0.05) is 10.5 Å². The average molecular weight is 340 g/mol. The van der Waals surface area contributed by atoms with Crippen molar-refractivity contribution in [3.05, 3.63) is 59.7 Å². The molecule has 0 heterocycles. The number of benzene rings is 2. The van der Waals surface area contributed by atoms with Crippen molar-refractivity contribution in [1.82, 2.24) is 0 Å². The lowest BCUT2D eigenvalue weighted by Gasteiger charge is -2.16. The molecule has 0 spiro atoms. The zero-order valence-electron chi connectivity index (χ0n) is 14.0. The number of hydrogen-bond acceptors (Lipinski definition) is 3. The van der Waals surface area contributed by atoms with E-state index in [0.29, 0.717) is 12.3 Å². The van der Waals surface area contributed by atoms with Crippen molar-refractivity contribution in [2.24, 2.45) is 0 Å². The highest BCUT2D eigenvalue weighted by atomic mass is 32.2. The van der Waals surface area contributed by atoms with Crippen LogP contribution in [0.2, 0.25) is 0 Å². The highest BCUT2D eigenvalue weighted by Gasteiger charge is 2.13. The number of nitrogens with zero attached hydrogens (tertiary/aromatic N) is 1. The fourth-order valence-corrected chi connectivity index (χ4v) is 3.14. The van der Waals surface area contributed by atoms with Crippen LogP contribution in [0, 0.1) is 18.3 Å². The number of thioether (sulfide) groups is 1. The van der Waals surface area contributed by atoms with Crippen LogP contribution in [0.4, 0.5) is 5.69 Å². The molecule has 2 aromatic carbocycles. The van der Waals surface area contributed by atoms with Crippen molar-refractivity contribution < 1.29 is 9.69 Å². The molecular weight excluding hydrogens is 318 g/mol. The zero-order chi connectivity index (χ0) is 17.4. The van der Waals surface area contributed by atoms with Crippen molar-refractivity contribution >= 4 is 23.4 Å². The number of aryl methyl sites for hydroxylation is 1. The lowest BCUT2D eigenvalue weighted by Crippen LogP contribution is -3.08. The van der Waals surface area contributed by atoms with Gasteiger partial charge in [0.1, 0.15) is 6.54 Å². The summed E-state index contributed by atoms with van der Waals surface area (Å²) in [4.78, 5) is 14.4. The molecule has 2 N–H and O–H groups in total. The van der Waals surface area contributed by atoms with Crippen LogP contribution in [0.1, 0.15) is 11.1 Å². The van der Waals surface area contributed by atoms with Crippen LogP contribution >= 0.6 is 11.8 Å². The van der Waals surface area contributed by atoms with Gasteiger partial charge in [0.2, 0.25) is 0 Å². The molecule has 0 aliphatic carbocycles. The maximum atomic E-state index is 12.3. The van der Waals surface area contributed by atoms with E-state index in [1.807, 2.05) is 43.4 Å². The molecule has 0 aromatic heterocycles. The van der Waals surface area contributed by atoms with E-state index in [4.69, 9.17) is 5.26 Å². The largest absolute Gasteiger partial charge is 0.326 e. The Kier molecular flexibility index (Phi) is 6.86. The van der Waals surface area contributed by atoms with Gasteiger partial charge in [-0.1, -0.05) is 36.4 Å². The molecule has 0 fully saturated rings. The first kappa shape index (κ1) is 18.1. The zero-order valence-corrected chi connectivity index (χ0v) is 14.8. The Bertz CT molecular complexity index is 739. The minimum absolute atomic E-state index is 0.0221. The lowest BCUT2D eigenvalue weighted by atomic mass is 10.1. The van der Waals surface area contributed by atoms with E-state index < -0.39 is 0 Å². The van der Waals surface area contributed by atoms with E-state index in [0.717, 1.165) is 22.0 Å². The summed E-state index contributed by atoms with van der Waals surface area (Å²) < 4.78 is 0. The van der Waals surface area contributed by atoms with Gasteiger partial charge in [-0.15, -0.1) is 11.8 Å². The number of amides is 1. The van der Waals surface area contributed by atoms with E-state index in [-0.39, 0.29) is 5.91 Å². The Labute approximate surface area is 147 Å². The minimum Gasteiger partial charge on any atom is -0.326 e. The van der Waals surface area contributed by atoms with Gasteiger partial charge < -0.3 is 10.2 Å². The van der Waals surface area contributed by atoms with Crippen molar-refractivity contribution in [2.75, 3.05) is 24.7 Å². The van der Waals surface area contributed by atoms with Gasteiger partial charge in [-0.05, 0) is 24.6 Å². The van der Waals surface area contributed by atoms with E-state index >= 15 is 0 Å². The first-order valence-corrected chi connectivity index (χ1v) is 8.83. The molecule has 0 saturated heterocycles. The lowest BCUT2D eigenvalue weighted by molar-refractivity contribution is -0.885. The van der Waals surface area contributed by atoms with E-state index in [2.05, 4.69) is 30.4 Å². The summed E-state index contributed by atoms with van der Waals surface area (Å²) >= 11 is 1.43. The molecule has 0 saturated carbocycles. The predicted octanol–water partition coefficient (Wildman–Crippen LogP) is 2.26. The van der Waals surface area contributed by atoms with Gasteiger partial charge in [0.15, 0.2) is 6.54 Å². The molecule has 1 atom stereocenters. The smallest absolute Gasteiger partial charge is 0.279 e. The number of nitriles is 1. The summed E-state index contributed by atoms with van der Waals surface area (Å²) in [5, 5.41) is 11.7. The Morgan fingerprint density at radius 1 is 1.21 bits per heavy atom. The number of rotatable bonds is 7. The van der Waals surface area contributed by atoms with Crippen molar-refractivity contribution in [1.29, 1.82) is 5.26 Å². The molecule has 0 radical (unpaired) electrons. The third-order valence-electron chi connectivity index (χ3n) is 3.67. The average Bonchev–Trinajstić information content (AvgIpc) is 2.56. The summed E-state index contributed by atoms with van der Waals surface area (Å²) in [5.74, 6) is 0.344. The maximum absolute atomic E-state index is 12.3. The molecule has 0 aliphatic heterocycles. The number of likely N-dealkylation sites (N-methyl/N-ethyl adjacent to an activating group) is 1. The molecule has 4 nitrogen and oxygen atoms in total. The Hall–Kier alpha value is -2.29. The summed E-state index contributed by atoms with van der Waals surface area (Å²) in [6.45, 7) is 3.29. The van der Waals surface area contributed by atoms with Crippen LogP contribution in [0.5, 0.6) is 0 Å². The topological polar surface area (TPSA) is 57.3 Å². The van der Waals surface area contributed by atoms with Crippen LogP contribution < -0.4 is 10.2 Å². The van der Waals surface area contributed by atoms with Crippen LogP contribution in [0.25, 0.3) is 0 Å². The maximum Gasteiger partial charge on any atom is 0.279 e. The Balaban J connectivity index is 1.94. The Morgan fingerprint density at radius 2 is 1.92 bits per heavy atom. The standard InChI is InChI=1S/C19H21N3OS/c1-15-7-3-4-8-16(15)13-22(2)14-19(23)21-17-9-5-6-10-18(17)24-12-11-20/h3-10H,12-14H2,1-2H3,(H,21,23)/p+1. The summed E-state index contributed by atoms with van der Waals surface area (Å²) in [6.07, 6.45) is 0. The summed E-state index contributed by atoms with van der Waals surface area (Å²) in [5.41, 5.74) is 3.27. The normalized spacial score (nSPS) is 11.5. The second-order valence-corrected chi connectivity index (χ2v) is 6.75. The number of quaternary nitrogens is 1. The summed E-state index contributed by atoms with van der Waals surface area (Å²) in [6, 6.07) is 17.9. The van der Waals surface area contributed by atoms with Crippen LogP contribution in [0.3, 0.4) is 0 Å². The van der Waals surface area contributed by atoms with Gasteiger partial charge in [-0.25, -0.2) is 0 Å². The Morgan fingerprint density at radius 3 is 2.67 bits per heavy atom. The highest BCUT2D eigenvalue weighted by Crippen LogP contribution is 2.26. The molecule has 124 valence electrons. The quantitative estimate of drug-likeness (QED) is 0.760. The number of nitrogens with one attached hydrogen (secondary N) is 2. The number of carbonyl (C=O) groups is 1. The van der Waals surface area contributed by atoms with E-state index in [1.54, 1.807) is 0 Å². The van der Waals surface area contributed by atoms with Crippen LogP contribution in [0.15, 0.2) is 53.4 Å². The minimum atomic E-state index is -0.0221. The van der Waals surface area contributed by atoms with Crippen LogP contribution in [-0.4, -0.2) is 25.3 Å². The van der Waals surface area contributed by atoms with Crippen LogP contribution in [-0.2, 0) is 11.3 Å². The molecule has 0 aliphatic rings. The molecular formula is C19H22N3OS+. The number of hydrogen-bond donors (Lipinski definition) is 2. The number of anilines is 1. The molecule has 2 rings (SSSR count). The van der Waals surface area contributed by atoms with E-state index in [9.17, 15) is 4.79 Å². The van der Waals surface area contributed by atoms with E-state index in [1.165, 1.54) is 22.9 Å². The van der Waals surface area contributed by atoms with Crippen molar-refractivity contribution in [2.45, 2.75) is 18.4 Å². The van der Waals surface area contributed by atoms with Crippen molar-refractivity contribution in [3.63, 3.8) is 0 Å². The molecule has 0 bridgehead atoms. The highest BCUT2D eigenvalue weighted by molar-refractivity contribution is 7.99. The van der Waals surface area contributed by atoms with Gasteiger partial charge >= 0.3 is 0 Å². The molecule has 24 heavy (non-hydrogen) atoms. The fourth-order valence-electron chi connectivity index (χ4n) is 2.47. The SMILES string of the molecule is Cc1ccccc1C[NH+](C)CC(=O)Nc1ccccc1SCC#N. The second kappa shape index (κ2) is 9.11. The van der Waals surface area contributed by atoms with Gasteiger partial charge in [-0.3, -0.25) is 4.79 Å². The first-order chi connectivity index (χ1) is 11.6. The third-order valence-corrected chi connectivity index (χ3v) is 4.61. The third kappa shape index (κ3) is 5.41. The second-order valence-electron chi connectivity index (χ2n) is 5.73.